The lowest BCUT2D eigenvalue weighted by Crippen LogP contribution is -2.11. The zero-order valence-electron chi connectivity index (χ0n) is 8.74. The third-order valence-electron chi connectivity index (χ3n) is 2.13. The molecule has 5 heteroatoms. The van der Waals surface area contributed by atoms with Crippen LogP contribution in [0, 0.1) is 4.64 Å². The molecule has 1 aromatic heterocycles. The van der Waals surface area contributed by atoms with Crippen molar-refractivity contribution < 1.29 is 4.79 Å². The highest BCUT2D eigenvalue weighted by atomic mass is 35.5. The molecule has 1 heterocycles. The van der Waals surface area contributed by atoms with Crippen LogP contribution in [0.2, 0.25) is 5.02 Å². The number of pyridine rings is 1. The molecule has 0 atom stereocenters. The Hall–Kier alpha value is -1.65. The SMILES string of the molecule is O=C(Nc1ccc(=S)[nH]c1)c1cccc(Cl)c1. The highest BCUT2D eigenvalue weighted by Crippen LogP contribution is 2.12. The molecule has 0 radical (unpaired) electrons. The second-order valence-electron chi connectivity index (χ2n) is 3.41. The van der Waals surface area contributed by atoms with Gasteiger partial charge in [0.25, 0.3) is 5.91 Å². The average Bonchev–Trinajstić information content (AvgIpc) is 2.32. The van der Waals surface area contributed by atoms with Crippen molar-refractivity contribution in [2.45, 2.75) is 0 Å². The number of anilines is 1. The van der Waals surface area contributed by atoms with Gasteiger partial charge in [-0.05, 0) is 30.3 Å². The molecule has 0 saturated carbocycles. The Morgan fingerprint density at radius 2 is 2.12 bits per heavy atom. The molecule has 0 unspecified atom stereocenters. The van der Waals surface area contributed by atoms with Gasteiger partial charge >= 0.3 is 0 Å². The number of carbonyl (C=O) groups excluding carboxylic acids is 1. The largest absolute Gasteiger partial charge is 0.351 e. The van der Waals surface area contributed by atoms with Crippen LogP contribution in [0.5, 0.6) is 0 Å². The molecule has 0 fully saturated rings. The van der Waals surface area contributed by atoms with Crippen LogP contribution in [0.1, 0.15) is 10.4 Å². The number of benzene rings is 1. The van der Waals surface area contributed by atoms with Crippen LogP contribution < -0.4 is 5.32 Å². The van der Waals surface area contributed by atoms with E-state index in [9.17, 15) is 4.79 Å². The smallest absolute Gasteiger partial charge is 0.255 e. The topological polar surface area (TPSA) is 44.9 Å². The van der Waals surface area contributed by atoms with E-state index in [1.54, 1.807) is 42.6 Å². The quantitative estimate of drug-likeness (QED) is 0.814. The Balaban J connectivity index is 2.17. The van der Waals surface area contributed by atoms with Crippen molar-refractivity contribution in [2.75, 3.05) is 5.32 Å². The van der Waals surface area contributed by atoms with Crippen molar-refractivity contribution in [3.8, 4) is 0 Å². The molecule has 86 valence electrons. The molecule has 0 spiro atoms. The molecule has 0 bridgehead atoms. The highest BCUT2D eigenvalue weighted by molar-refractivity contribution is 7.71. The lowest BCUT2D eigenvalue weighted by molar-refractivity contribution is 0.102. The number of halogens is 1. The Morgan fingerprint density at radius 3 is 2.76 bits per heavy atom. The third kappa shape index (κ3) is 3.15. The van der Waals surface area contributed by atoms with Crippen molar-refractivity contribution >= 4 is 35.4 Å². The molecule has 2 N–H and O–H groups in total. The summed E-state index contributed by atoms with van der Waals surface area (Å²) in [6, 6.07) is 10.2. The molecule has 0 aliphatic heterocycles. The maximum absolute atomic E-state index is 11.8. The fourth-order valence-electron chi connectivity index (χ4n) is 1.32. The summed E-state index contributed by atoms with van der Waals surface area (Å²) in [7, 11) is 0. The fraction of sp³-hybridized carbons (Fsp3) is 0. The lowest BCUT2D eigenvalue weighted by Gasteiger charge is -2.04. The minimum Gasteiger partial charge on any atom is -0.351 e. The molecule has 1 aromatic carbocycles. The first kappa shape index (κ1) is 11.8. The van der Waals surface area contributed by atoms with Gasteiger partial charge in [0, 0.05) is 16.8 Å². The van der Waals surface area contributed by atoms with Gasteiger partial charge in [0.2, 0.25) is 0 Å². The van der Waals surface area contributed by atoms with Crippen LogP contribution in [0.25, 0.3) is 0 Å². The first-order valence-electron chi connectivity index (χ1n) is 4.91. The molecule has 0 saturated heterocycles. The van der Waals surface area contributed by atoms with Crippen molar-refractivity contribution in [1.82, 2.24) is 4.98 Å². The van der Waals surface area contributed by atoms with E-state index in [1.807, 2.05) is 0 Å². The van der Waals surface area contributed by atoms with Crippen LogP contribution in [-0.2, 0) is 0 Å². The fourth-order valence-corrected chi connectivity index (χ4v) is 1.64. The number of aromatic amines is 1. The van der Waals surface area contributed by atoms with Crippen molar-refractivity contribution in [3.63, 3.8) is 0 Å². The molecule has 1 amide bonds. The summed E-state index contributed by atoms with van der Waals surface area (Å²) in [6.07, 6.45) is 1.64. The minimum atomic E-state index is -0.210. The van der Waals surface area contributed by atoms with E-state index in [-0.39, 0.29) is 5.91 Å². The van der Waals surface area contributed by atoms with E-state index in [4.69, 9.17) is 23.8 Å². The van der Waals surface area contributed by atoms with Gasteiger partial charge in [-0.2, -0.15) is 0 Å². The average molecular weight is 265 g/mol. The van der Waals surface area contributed by atoms with Gasteiger partial charge in [0.05, 0.1) is 5.69 Å². The maximum Gasteiger partial charge on any atom is 0.255 e. The van der Waals surface area contributed by atoms with Crippen LogP contribution in [0.3, 0.4) is 0 Å². The molecule has 0 aliphatic carbocycles. The van der Waals surface area contributed by atoms with E-state index in [2.05, 4.69) is 10.3 Å². The van der Waals surface area contributed by atoms with Gasteiger partial charge < -0.3 is 10.3 Å². The number of carbonyl (C=O) groups is 1. The second kappa shape index (κ2) is 5.12. The van der Waals surface area contributed by atoms with Crippen molar-refractivity contribution in [2.24, 2.45) is 0 Å². The predicted molar refractivity (Wildman–Crippen MR) is 71.0 cm³/mol. The summed E-state index contributed by atoms with van der Waals surface area (Å²) < 4.78 is 0.616. The summed E-state index contributed by atoms with van der Waals surface area (Å²) in [5.74, 6) is -0.210. The highest BCUT2D eigenvalue weighted by Gasteiger charge is 2.05. The van der Waals surface area contributed by atoms with E-state index < -0.39 is 0 Å². The predicted octanol–water partition coefficient (Wildman–Crippen LogP) is 3.65. The molecular formula is C12H9ClN2OS. The van der Waals surface area contributed by atoms with Crippen LogP contribution >= 0.6 is 23.8 Å². The van der Waals surface area contributed by atoms with Crippen LogP contribution in [-0.4, -0.2) is 10.9 Å². The number of hydrogen-bond acceptors (Lipinski definition) is 2. The Labute approximate surface area is 108 Å². The van der Waals surface area contributed by atoms with Crippen LogP contribution in [0.15, 0.2) is 42.6 Å². The Kier molecular flexibility index (Phi) is 3.56. The van der Waals surface area contributed by atoms with E-state index in [0.717, 1.165) is 0 Å². The van der Waals surface area contributed by atoms with Crippen molar-refractivity contribution in [1.29, 1.82) is 0 Å². The van der Waals surface area contributed by atoms with Gasteiger partial charge in [0.15, 0.2) is 0 Å². The minimum absolute atomic E-state index is 0.210. The first-order valence-corrected chi connectivity index (χ1v) is 5.69. The van der Waals surface area contributed by atoms with Gasteiger partial charge in [-0.25, -0.2) is 0 Å². The number of rotatable bonds is 2. The lowest BCUT2D eigenvalue weighted by atomic mass is 10.2. The monoisotopic (exact) mass is 264 g/mol. The first-order chi connectivity index (χ1) is 8.15. The molecule has 3 nitrogen and oxygen atoms in total. The Morgan fingerprint density at radius 1 is 1.29 bits per heavy atom. The van der Waals surface area contributed by atoms with Crippen LogP contribution in [0.4, 0.5) is 5.69 Å². The zero-order chi connectivity index (χ0) is 12.3. The van der Waals surface area contributed by atoms with Gasteiger partial charge in [0.1, 0.15) is 4.64 Å². The zero-order valence-corrected chi connectivity index (χ0v) is 10.3. The van der Waals surface area contributed by atoms with E-state index >= 15 is 0 Å². The standard InChI is InChI=1S/C12H9ClN2OS/c13-9-3-1-2-8(6-9)12(16)15-10-4-5-11(17)14-7-10/h1-7H,(H,14,17)(H,15,16). The summed E-state index contributed by atoms with van der Waals surface area (Å²) in [6.45, 7) is 0. The van der Waals surface area contributed by atoms with Gasteiger partial charge in [-0.3, -0.25) is 4.79 Å². The summed E-state index contributed by atoms with van der Waals surface area (Å²) >= 11 is 10.7. The van der Waals surface area contributed by atoms with Crippen molar-refractivity contribution in [3.05, 3.63) is 57.8 Å². The number of amides is 1. The normalized spacial score (nSPS) is 9.94. The summed E-state index contributed by atoms with van der Waals surface area (Å²) in [5.41, 5.74) is 1.17. The summed E-state index contributed by atoms with van der Waals surface area (Å²) in [4.78, 5) is 14.7. The van der Waals surface area contributed by atoms with E-state index in [1.165, 1.54) is 0 Å². The van der Waals surface area contributed by atoms with Gasteiger partial charge in [-0.1, -0.05) is 29.9 Å². The van der Waals surface area contributed by atoms with E-state index in [0.29, 0.717) is 20.9 Å². The summed E-state index contributed by atoms with van der Waals surface area (Å²) in [5, 5.41) is 3.27. The second-order valence-corrected chi connectivity index (χ2v) is 4.28. The molecule has 17 heavy (non-hydrogen) atoms. The molecule has 0 aliphatic rings. The number of nitrogens with one attached hydrogen (secondary N) is 2. The molecule has 2 aromatic rings. The number of hydrogen-bond donors (Lipinski definition) is 2. The van der Waals surface area contributed by atoms with Gasteiger partial charge in [-0.15, -0.1) is 0 Å². The number of aromatic nitrogens is 1. The number of H-pyrrole nitrogens is 1. The maximum atomic E-state index is 11.8. The Bertz CT molecular complexity index is 589. The third-order valence-corrected chi connectivity index (χ3v) is 2.62. The molecule has 2 rings (SSSR count). The molecular weight excluding hydrogens is 256 g/mol.